The van der Waals surface area contributed by atoms with Crippen molar-refractivity contribution in [3.05, 3.63) is 88.2 Å². The molecule has 0 radical (unpaired) electrons. The van der Waals surface area contributed by atoms with Crippen LogP contribution < -0.4 is 5.43 Å². The molecule has 0 amide bonds. The quantitative estimate of drug-likeness (QED) is 0.451. The fraction of sp³-hybridized carbons (Fsp3) is 0.192. The fourth-order valence-electron chi connectivity index (χ4n) is 4.53. The van der Waals surface area contributed by atoms with E-state index in [0.29, 0.717) is 40.3 Å². The Balaban J connectivity index is 1.85. The Bertz CT molecular complexity index is 1470. The Kier molecular flexibility index (Phi) is 5.16. The van der Waals surface area contributed by atoms with Crippen LogP contribution in [0.4, 0.5) is 8.78 Å². The highest BCUT2D eigenvalue weighted by Crippen LogP contribution is 2.44. The first-order valence-electron chi connectivity index (χ1n) is 10.9. The van der Waals surface area contributed by atoms with Crippen molar-refractivity contribution < 1.29 is 18.7 Å². The van der Waals surface area contributed by atoms with Gasteiger partial charge in [0.15, 0.2) is 5.43 Å². The van der Waals surface area contributed by atoms with Gasteiger partial charge in [-0.1, -0.05) is 26.0 Å². The van der Waals surface area contributed by atoms with Gasteiger partial charge in [0.05, 0.1) is 24.0 Å². The second kappa shape index (κ2) is 8.06. The van der Waals surface area contributed by atoms with Crippen LogP contribution in [0.5, 0.6) is 0 Å². The number of aromatic nitrogens is 3. The number of carboxylic acids is 1. The van der Waals surface area contributed by atoms with Crippen LogP contribution in [0.2, 0.25) is 0 Å². The summed E-state index contributed by atoms with van der Waals surface area (Å²) in [5.41, 5.74) is 2.80. The lowest BCUT2D eigenvalue weighted by Crippen LogP contribution is -2.31. The van der Waals surface area contributed by atoms with Gasteiger partial charge in [-0.3, -0.25) is 9.48 Å². The molecule has 2 aromatic heterocycles. The molecule has 1 atom stereocenters. The maximum Gasteiger partial charge on any atom is 0.341 e. The highest BCUT2D eigenvalue weighted by molar-refractivity contribution is 5.92. The van der Waals surface area contributed by atoms with E-state index < -0.39 is 17.2 Å². The number of carboxylic acid groups (broad SMARTS) is 1. The lowest BCUT2D eigenvalue weighted by Gasteiger charge is -2.32. The number of hydrogen-bond donors (Lipinski definition) is 1. The van der Waals surface area contributed by atoms with Crippen LogP contribution in [0.1, 0.15) is 30.2 Å². The summed E-state index contributed by atoms with van der Waals surface area (Å²) in [7, 11) is 0. The molecule has 0 saturated carbocycles. The second-order valence-corrected chi connectivity index (χ2v) is 8.73. The molecule has 3 heterocycles. The molecule has 0 spiro atoms. The molecule has 8 heteroatoms. The van der Waals surface area contributed by atoms with E-state index in [1.807, 2.05) is 18.4 Å². The SMILES string of the molecule is CC(C)[C@@H]1Cn2nc(-c3ccc(F)cc3)c(-c3ccc(F)cc3)c2-c2cc(=O)c(C(=O)O)cn21. The number of aromatic carboxylic acids is 1. The molecule has 6 nitrogen and oxygen atoms in total. The Morgan fingerprint density at radius 3 is 2.18 bits per heavy atom. The maximum absolute atomic E-state index is 13.7. The van der Waals surface area contributed by atoms with Gasteiger partial charge >= 0.3 is 5.97 Å². The van der Waals surface area contributed by atoms with Gasteiger partial charge in [0.1, 0.15) is 22.9 Å². The highest BCUT2D eigenvalue weighted by atomic mass is 19.1. The van der Waals surface area contributed by atoms with E-state index in [1.54, 1.807) is 28.9 Å². The molecule has 172 valence electrons. The summed E-state index contributed by atoms with van der Waals surface area (Å²) in [5.74, 6) is -1.94. The van der Waals surface area contributed by atoms with Crippen molar-refractivity contribution in [3.8, 4) is 33.8 Å². The van der Waals surface area contributed by atoms with Crippen molar-refractivity contribution in [2.45, 2.75) is 26.4 Å². The van der Waals surface area contributed by atoms with E-state index in [1.165, 1.54) is 36.5 Å². The third kappa shape index (κ3) is 3.51. The van der Waals surface area contributed by atoms with Crippen LogP contribution in [-0.2, 0) is 6.54 Å². The van der Waals surface area contributed by atoms with Crippen molar-refractivity contribution in [2.75, 3.05) is 0 Å². The molecule has 0 fully saturated rings. The van der Waals surface area contributed by atoms with Gasteiger partial charge < -0.3 is 9.67 Å². The molecule has 5 rings (SSSR count). The minimum atomic E-state index is -1.28. The molecular formula is C26H21F2N3O3. The summed E-state index contributed by atoms with van der Waals surface area (Å²) < 4.78 is 31.0. The molecule has 2 aromatic carbocycles. The van der Waals surface area contributed by atoms with Gasteiger partial charge in [-0.15, -0.1) is 0 Å². The monoisotopic (exact) mass is 461 g/mol. The van der Waals surface area contributed by atoms with E-state index in [9.17, 15) is 23.5 Å². The largest absolute Gasteiger partial charge is 0.477 e. The summed E-state index contributed by atoms with van der Waals surface area (Å²) in [6, 6.07) is 13.0. The molecule has 1 N–H and O–H groups in total. The maximum atomic E-state index is 13.7. The van der Waals surface area contributed by atoms with Gasteiger partial charge in [0, 0.05) is 23.4 Å². The normalized spacial score (nSPS) is 14.7. The Morgan fingerprint density at radius 1 is 1.03 bits per heavy atom. The Hall–Kier alpha value is -4.07. The van der Waals surface area contributed by atoms with Crippen molar-refractivity contribution in [3.63, 3.8) is 0 Å². The summed E-state index contributed by atoms with van der Waals surface area (Å²) in [5, 5.41) is 14.4. The number of nitrogens with zero attached hydrogens (tertiary/aromatic N) is 3. The van der Waals surface area contributed by atoms with E-state index in [0.717, 1.165) is 0 Å². The smallest absolute Gasteiger partial charge is 0.341 e. The summed E-state index contributed by atoms with van der Waals surface area (Å²) in [4.78, 5) is 24.4. The van der Waals surface area contributed by atoms with Gasteiger partial charge in [-0.2, -0.15) is 5.10 Å². The van der Waals surface area contributed by atoms with Crippen LogP contribution in [0, 0.1) is 17.6 Å². The summed E-state index contributed by atoms with van der Waals surface area (Å²) in [6.07, 6.45) is 1.40. The van der Waals surface area contributed by atoms with Crippen LogP contribution in [0.15, 0.2) is 65.6 Å². The number of fused-ring (bicyclic) bond motifs is 3. The first-order chi connectivity index (χ1) is 16.2. The third-order valence-electron chi connectivity index (χ3n) is 6.24. The van der Waals surface area contributed by atoms with Gasteiger partial charge in [-0.05, 0) is 47.9 Å². The number of carbonyl (C=O) groups is 1. The van der Waals surface area contributed by atoms with E-state index in [-0.39, 0.29) is 23.3 Å². The van der Waals surface area contributed by atoms with E-state index in [2.05, 4.69) is 0 Å². The number of benzene rings is 2. The zero-order valence-electron chi connectivity index (χ0n) is 18.5. The highest BCUT2D eigenvalue weighted by Gasteiger charge is 2.33. The molecule has 1 aliphatic rings. The van der Waals surface area contributed by atoms with Crippen molar-refractivity contribution in [2.24, 2.45) is 5.92 Å². The van der Waals surface area contributed by atoms with Crippen molar-refractivity contribution in [1.29, 1.82) is 0 Å². The van der Waals surface area contributed by atoms with Crippen LogP contribution >= 0.6 is 0 Å². The Morgan fingerprint density at radius 2 is 1.62 bits per heavy atom. The number of hydrogen-bond acceptors (Lipinski definition) is 3. The molecule has 4 aromatic rings. The molecule has 0 saturated heterocycles. The average molecular weight is 461 g/mol. The van der Waals surface area contributed by atoms with Gasteiger partial charge in [0.25, 0.3) is 0 Å². The molecule has 0 aliphatic carbocycles. The number of pyridine rings is 1. The molecule has 0 bridgehead atoms. The van der Waals surface area contributed by atoms with E-state index >= 15 is 0 Å². The zero-order chi connectivity index (χ0) is 24.1. The van der Waals surface area contributed by atoms with Crippen molar-refractivity contribution >= 4 is 5.97 Å². The van der Waals surface area contributed by atoms with Gasteiger partial charge in [-0.25, -0.2) is 13.6 Å². The molecular weight excluding hydrogens is 440 g/mol. The number of halogens is 2. The third-order valence-corrected chi connectivity index (χ3v) is 6.24. The molecule has 1 aliphatic heterocycles. The van der Waals surface area contributed by atoms with E-state index in [4.69, 9.17) is 5.10 Å². The second-order valence-electron chi connectivity index (χ2n) is 8.73. The predicted molar refractivity (Wildman–Crippen MR) is 124 cm³/mol. The number of rotatable bonds is 4. The standard InChI is InChI=1S/C26H21F2N3O3/c1-14(2)21-13-31-25(20-11-22(32)19(26(33)34)12-30(20)21)23(15-3-7-17(27)8-4-15)24(29-31)16-5-9-18(28)10-6-16/h3-12,14,21H,13H2,1-2H3,(H,33,34)/t21-/m0/s1. The minimum absolute atomic E-state index is 0.115. The summed E-state index contributed by atoms with van der Waals surface area (Å²) >= 11 is 0. The minimum Gasteiger partial charge on any atom is -0.477 e. The first-order valence-corrected chi connectivity index (χ1v) is 10.9. The first kappa shape index (κ1) is 21.8. The topological polar surface area (TPSA) is 77.1 Å². The average Bonchev–Trinajstić information content (AvgIpc) is 3.18. The van der Waals surface area contributed by atoms with Crippen LogP contribution in [0.25, 0.3) is 33.8 Å². The lowest BCUT2D eigenvalue weighted by molar-refractivity contribution is 0.0694. The molecule has 34 heavy (non-hydrogen) atoms. The van der Waals surface area contributed by atoms with Crippen LogP contribution in [0.3, 0.4) is 0 Å². The predicted octanol–water partition coefficient (Wildman–Crippen LogP) is 5.23. The van der Waals surface area contributed by atoms with Gasteiger partial charge in [0.2, 0.25) is 0 Å². The Labute approximate surface area is 193 Å². The van der Waals surface area contributed by atoms with Crippen LogP contribution in [-0.4, -0.2) is 25.4 Å². The summed E-state index contributed by atoms with van der Waals surface area (Å²) in [6.45, 7) is 4.48. The fourth-order valence-corrected chi connectivity index (χ4v) is 4.53. The lowest BCUT2D eigenvalue weighted by atomic mass is 9.94. The molecule has 0 unspecified atom stereocenters. The zero-order valence-corrected chi connectivity index (χ0v) is 18.5. The van der Waals surface area contributed by atoms with Crippen molar-refractivity contribution in [1.82, 2.24) is 14.3 Å².